The number of furan rings is 1. The Morgan fingerprint density at radius 1 is 1.38 bits per heavy atom. The second kappa shape index (κ2) is 4.60. The highest BCUT2D eigenvalue weighted by Gasteiger charge is 2.14. The molecule has 0 spiro atoms. The minimum atomic E-state index is 0.781. The number of fused-ring (bicyclic) bond motifs is 1. The molecule has 0 radical (unpaired) electrons. The van der Waals surface area contributed by atoms with Gasteiger partial charge in [0.15, 0.2) is 0 Å². The van der Waals surface area contributed by atoms with Crippen LogP contribution in [0.25, 0.3) is 11.0 Å². The maximum atomic E-state index is 5.91. The van der Waals surface area contributed by atoms with Gasteiger partial charge in [-0.25, -0.2) is 0 Å². The number of hydrogen-bond acceptors (Lipinski definition) is 2. The highest BCUT2D eigenvalue weighted by molar-refractivity contribution is 9.10. The molecule has 3 heteroatoms. The van der Waals surface area contributed by atoms with Crippen LogP contribution in [0.3, 0.4) is 0 Å². The maximum absolute atomic E-state index is 5.91. The molecular weight excluding hydrogens is 266 g/mol. The quantitative estimate of drug-likeness (QED) is 0.926. The Labute approximate surface area is 104 Å². The Bertz CT molecular complexity index is 516. The molecular formula is C13H16BrNO. The maximum Gasteiger partial charge on any atom is 0.148 e. The summed E-state index contributed by atoms with van der Waals surface area (Å²) in [5, 5.41) is 4.38. The first-order valence-corrected chi connectivity index (χ1v) is 6.31. The fourth-order valence-corrected chi connectivity index (χ4v) is 2.74. The Morgan fingerprint density at radius 3 is 2.75 bits per heavy atom. The molecule has 0 aliphatic carbocycles. The first-order valence-electron chi connectivity index (χ1n) is 5.52. The van der Waals surface area contributed by atoms with Crippen molar-refractivity contribution < 1.29 is 4.42 Å². The number of hydrogen-bond donors (Lipinski definition) is 1. The molecule has 1 N–H and O–H groups in total. The van der Waals surface area contributed by atoms with Crippen molar-refractivity contribution in [3.8, 4) is 0 Å². The largest absolute Gasteiger partial charge is 0.458 e. The van der Waals surface area contributed by atoms with E-state index in [9.17, 15) is 0 Å². The molecule has 2 nitrogen and oxygen atoms in total. The second-order valence-electron chi connectivity index (χ2n) is 4.01. The predicted octanol–water partition coefficient (Wildman–Crippen LogP) is 3.79. The summed E-state index contributed by atoms with van der Waals surface area (Å²) in [7, 11) is 1.94. The lowest BCUT2D eigenvalue weighted by atomic mass is 10.1. The van der Waals surface area contributed by atoms with E-state index >= 15 is 0 Å². The molecule has 0 saturated carbocycles. The van der Waals surface area contributed by atoms with E-state index in [1.807, 2.05) is 7.05 Å². The van der Waals surface area contributed by atoms with E-state index in [0.29, 0.717) is 0 Å². The topological polar surface area (TPSA) is 25.2 Å². The van der Waals surface area contributed by atoms with Crippen molar-refractivity contribution in [1.29, 1.82) is 0 Å². The van der Waals surface area contributed by atoms with E-state index in [1.54, 1.807) is 0 Å². The van der Waals surface area contributed by atoms with Gasteiger partial charge >= 0.3 is 0 Å². The third-order valence-electron chi connectivity index (χ3n) is 2.77. The lowest BCUT2D eigenvalue weighted by Gasteiger charge is -1.98. The zero-order chi connectivity index (χ0) is 11.7. The third kappa shape index (κ3) is 1.89. The van der Waals surface area contributed by atoms with E-state index in [2.05, 4.69) is 47.2 Å². The lowest BCUT2D eigenvalue weighted by molar-refractivity contribution is 0.523. The minimum Gasteiger partial charge on any atom is -0.458 e. The molecule has 0 amide bonds. The molecule has 0 unspecified atom stereocenters. The summed E-state index contributed by atoms with van der Waals surface area (Å²) in [5.41, 5.74) is 3.53. The fourth-order valence-electron chi connectivity index (χ4n) is 2.08. The number of benzene rings is 1. The molecule has 86 valence electrons. The van der Waals surface area contributed by atoms with Gasteiger partial charge in [-0.15, -0.1) is 0 Å². The molecule has 0 aliphatic heterocycles. The average molecular weight is 282 g/mol. The summed E-state index contributed by atoms with van der Waals surface area (Å²) < 4.78 is 6.95. The van der Waals surface area contributed by atoms with Crippen LogP contribution in [0.4, 0.5) is 0 Å². The van der Waals surface area contributed by atoms with Crippen LogP contribution in [0.1, 0.15) is 23.8 Å². The number of nitrogens with one attached hydrogen (secondary N) is 1. The molecule has 2 aromatic rings. The van der Waals surface area contributed by atoms with Gasteiger partial charge in [-0.1, -0.05) is 6.92 Å². The van der Waals surface area contributed by atoms with Crippen LogP contribution in [-0.4, -0.2) is 7.05 Å². The third-order valence-corrected chi connectivity index (χ3v) is 3.35. The molecule has 0 bridgehead atoms. The molecule has 0 aliphatic rings. The summed E-state index contributed by atoms with van der Waals surface area (Å²) in [6, 6.07) is 4.29. The Balaban J connectivity index is 2.71. The summed E-state index contributed by atoms with van der Waals surface area (Å²) in [6.45, 7) is 5.05. The van der Waals surface area contributed by atoms with E-state index in [1.165, 1.54) is 16.5 Å². The standard InChI is InChI=1S/C13H16BrNO/c1-4-9-10-5-8(2)6-11(14)13(10)16-12(9)7-15-3/h5-6,15H,4,7H2,1-3H3. The Kier molecular flexibility index (Phi) is 3.36. The zero-order valence-corrected chi connectivity index (χ0v) is 11.4. The van der Waals surface area contributed by atoms with Gasteiger partial charge in [0.1, 0.15) is 11.3 Å². The van der Waals surface area contributed by atoms with Crippen molar-refractivity contribution in [1.82, 2.24) is 5.32 Å². The number of halogens is 1. The summed E-state index contributed by atoms with van der Waals surface area (Å²) in [4.78, 5) is 0. The van der Waals surface area contributed by atoms with Crippen LogP contribution in [0, 0.1) is 6.92 Å². The molecule has 1 aromatic carbocycles. The van der Waals surface area contributed by atoms with Crippen molar-refractivity contribution in [3.63, 3.8) is 0 Å². The van der Waals surface area contributed by atoms with Gasteiger partial charge in [0.2, 0.25) is 0 Å². The van der Waals surface area contributed by atoms with Crippen LogP contribution in [0.2, 0.25) is 0 Å². The molecule has 16 heavy (non-hydrogen) atoms. The predicted molar refractivity (Wildman–Crippen MR) is 70.8 cm³/mol. The Hall–Kier alpha value is -0.800. The first kappa shape index (κ1) is 11.7. The lowest BCUT2D eigenvalue weighted by Crippen LogP contribution is -2.05. The first-order chi connectivity index (χ1) is 7.67. The van der Waals surface area contributed by atoms with Gasteiger partial charge in [-0.3, -0.25) is 0 Å². The van der Waals surface area contributed by atoms with Crippen molar-refractivity contribution in [3.05, 3.63) is 33.5 Å². The van der Waals surface area contributed by atoms with Crippen LogP contribution < -0.4 is 5.32 Å². The van der Waals surface area contributed by atoms with Gasteiger partial charge in [0.05, 0.1) is 11.0 Å². The van der Waals surface area contributed by atoms with E-state index < -0.39 is 0 Å². The minimum absolute atomic E-state index is 0.781. The van der Waals surface area contributed by atoms with E-state index in [0.717, 1.165) is 28.8 Å². The van der Waals surface area contributed by atoms with Crippen LogP contribution in [0.15, 0.2) is 21.0 Å². The van der Waals surface area contributed by atoms with Crippen molar-refractivity contribution in [2.75, 3.05) is 7.05 Å². The van der Waals surface area contributed by atoms with E-state index in [4.69, 9.17) is 4.42 Å². The zero-order valence-electron chi connectivity index (χ0n) is 9.86. The number of rotatable bonds is 3. The van der Waals surface area contributed by atoms with Gasteiger partial charge < -0.3 is 9.73 Å². The van der Waals surface area contributed by atoms with Crippen LogP contribution in [-0.2, 0) is 13.0 Å². The van der Waals surface area contributed by atoms with E-state index in [-0.39, 0.29) is 0 Å². The molecule has 1 aromatic heterocycles. The van der Waals surface area contributed by atoms with Crippen LogP contribution >= 0.6 is 15.9 Å². The molecule has 0 fully saturated rings. The average Bonchev–Trinajstić information content (AvgIpc) is 2.56. The number of aryl methyl sites for hydroxylation is 2. The summed E-state index contributed by atoms with van der Waals surface area (Å²) in [5.74, 6) is 1.05. The summed E-state index contributed by atoms with van der Waals surface area (Å²) >= 11 is 3.56. The molecule has 1 heterocycles. The van der Waals surface area contributed by atoms with Crippen molar-refractivity contribution in [2.24, 2.45) is 0 Å². The SMILES string of the molecule is CCc1c(CNC)oc2c(Br)cc(C)cc12. The van der Waals surface area contributed by atoms with Gasteiger partial charge in [0, 0.05) is 10.9 Å². The fraction of sp³-hybridized carbons (Fsp3) is 0.385. The summed E-state index contributed by atoms with van der Waals surface area (Å²) in [6.07, 6.45) is 1.000. The molecule has 0 atom stereocenters. The smallest absolute Gasteiger partial charge is 0.148 e. The van der Waals surface area contributed by atoms with Gasteiger partial charge in [0.25, 0.3) is 0 Å². The van der Waals surface area contributed by atoms with Gasteiger partial charge in [-0.2, -0.15) is 0 Å². The Morgan fingerprint density at radius 2 is 2.12 bits per heavy atom. The van der Waals surface area contributed by atoms with Crippen molar-refractivity contribution in [2.45, 2.75) is 26.8 Å². The van der Waals surface area contributed by atoms with Crippen LogP contribution in [0.5, 0.6) is 0 Å². The normalized spacial score (nSPS) is 11.2. The molecule has 0 saturated heterocycles. The monoisotopic (exact) mass is 281 g/mol. The second-order valence-corrected chi connectivity index (χ2v) is 4.87. The van der Waals surface area contributed by atoms with Gasteiger partial charge in [-0.05, 0) is 54.0 Å². The highest BCUT2D eigenvalue weighted by atomic mass is 79.9. The highest BCUT2D eigenvalue weighted by Crippen LogP contribution is 2.33. The molecule has 2 rings (SSSR count). The van der Waals surface area contributed by atoms with Crippen molar-refractivity contribution >= 4 is 26.9 Å².